The quantitative estimate of drug-likeness (QED) is 0.689. The molecule has 30 heavy (non-hydrogen) atoms. The van der Waals surface area contributed by atoms with Crippen LogP contribution in [0, 0.1) is 0 Å². The van der Waals surface area contributed by atoms with Gasteiger partial charge in [-0.2, -0.15) is 5.10 Å². The predicted molar refractivity (Wildman–Crippen MR) is 119 cm³/mol. The van der Waals surface area contributed by atoms with E-state index in [9.17, 15) is 9.59 Å². The maximum Gasteiger partial charge on any atom is 0.274 e. The summed E-state index contributed by atoms with van der Waals surface area (Å²) in [6.07, 6.45) is 3.70. The summed E-state index contributed by atoms with van der Waals surface area (Å²) in [5, 5.41) is 5.05. The topological polar surface area (TPSA) is 58.4 Å². The Morgan fingerprint density at radius 2 is 1.70 bits per heavy atom. The Hall–Kier alpha value is -2.28. The van der Waals surface area contributed by atoms with E-state index in [-0.39, 0.29) is 11.8 Å². The minimum atomic E-state index is -0.0118. The average Bonchev–Trinajstić information content (AvgIpc) is 3.18. The highest BCUT2D eigenvalue weighted by atomic mass is 32.2. The molecule has 2 aromatic rings. The molecule has 0 N–H and O–H groups in total. The minimum Gasteiger partial charge on any atom is -0.339 e. The van der Waals surface area contributed by atoms with E-state index in [4.69, 9.17) is 0 Å². The number of aryl methyl sites for hydroxylation is 2. The number of carbonyl (C=O) groups excluding carboxylic acids is 2. The van der Waals surface area contributed by atoms with Crippen LogP contribution in [0.15, 0.2) is 35.2 Å². The lowest BCUT2D eigenvalue weighted by Gasteiger charge is -2.34. The number of nitrogens with zero attached hydrogens (tertiary/aromatic N) is 4. The highest BCUT2D eigenvalue weighted by Gasteiger charge is 2.27. The molecule has 0 spiro atoms. The van der Waals surface area contributed by atoms with Crippen molar-refractivity contribution in [2.45, 2.75) is 56.2 Å². The second kappa shape index (κ2) is 9.25. The Bertz CT molecular complexity index is 875. The number of rotatable bonds is 5. The van der Waals surface area contributed by atoms with Crippen LogP contribution >= 0.6 is 11.8 Å². The van der Waals surface area contributed by atoms with Crippen molar-refractivity contribution < 1.29 is 9.59 Å². The molecule has 1 aromatic carbocycles. The van der Waals surface area contributed by atoms with Gasteiger partial charge in [0, 0.05) is 48.6 Å². The van der Waals surface area contributed by atoms with E-state index in [1.807, 2.05) is 44.4 Å². The SMILES string of the molecule is CC(C)Sc1ccc(CC(=O)N2CCN(C(=O)c3cc4n(n3)CCCC4)CC2)cc1. The van der Waals surface area contributed by atoms with E-state index < -0.39 is 0 Å². The smallest absolute Gasteiger partial charge is 0.274 e. The first-order valence-electron chi connectivity index (χ1n) is 10.9. The Labute approximate surface area is 182 Å². The summed E-state index contributed by atoms with van der Waals surface area (Å²) in [7, 11) is 0. The Morgan fingerprint density at radius 3 is 2.37 bits per heavy atom. The second-order valence-corrected chi connectivity index (χ2v) is 10.0. The number of piperazine rings is 1. The molecule has 0 unspecified atom stereocenters. The van der Waals surface area contributed by atoms with Crippen molar-refractivity contribution in [2.24, 2.45) is 0 Å². The first kappa shape index (κ1) is 21.0. The van der Waals surface area contributed by atoms with Gasteiger partial charge < -0.3 is 9.80 Å². The van der Waals surface area contributed by atoms with Gasteiger partial charge in [-0.3, -0.25) is 14.3 Å². The van der Waals surface area contributed by atoms with E-state index in [2.05, 4.69) is 31.1 Å². The summed E-state index contributed by atoms with van der Waals surface area (Å²) in [5.41, 5.74) is 2.75. The first-order valence-corrected chi connectivity index (χ1v) is 11.8. The van der Waals surface area contributed by atoms with Crippen LogP contribution < -0.4 is 0 Å². The van der Waals surface area contributed by atoms with Gasteiger partial charge >= 0.3 is 0 Å². The molecule has 0 saturated carbocycles. The van der Waals surface area contributed by atoms with Gasteiger partial charge in [-0.05, 0) is 43.0 Å². The normalized spacial score (nSPS) is 16.6. The van der Waals surface area contributed by atoms with Crippen molar-refractivity contribution in [3.05, 3.63) is 47.3 Å². The number of benzene rings is 1. The molecule has 1 aromatic heterocycles. The standard InChI is InChI=1S/C23H30N4O2S/c1-17(2)30-20-8-6-18(7-9-20)15-22(28)25-11-13-26(14-12-25)23(29)21-16-19-5-3-4-10-27(19)24-21/h6-9,16-17H,3-5,10-15H2,1-2H3. The van der Waals surface area contributed by atoms with Gasteiger partial charge in [-0.15, -0.1) is 11.8 Å². The van der Waals surface area contributed by atoms with E-state index in [0.29, 0.717) is 43.5 Å². The molecule has 7 heteroatoms. The molecule has 1 saturated heterocycles. The number of thioether (sulfide) groups is 1. The fraction of sp³-hybridized carbons (Fsp3) is 0.522. The van der Waals surface area contributed by atoms with Crippen molar-refractivity contribution in [3.63, 3.8) is 0 Å². The third kappa shape index (κ3) is 4.89. The largest absolute Gasteiger partial charge is 0.339 e. The zero-order valence-electron chi connectivity index (χ0n) is 17.8. The average molecular weight is 427 g/mol. The molecule has 2 aliphatic heterocycles. The van der Waals surface area contributed by atoms with Gasteiger partial charge in [0.25, 0.3) is 5.91 Å². The lowest BCUT2D eigenvalue weighted by Crippen LogP contribution is -2.51. The Morgan fingerprint density at radius 1 is 1.00 bits per heavy atom. The van der Waals surface area contributed by atoms with Crippen molar-refractivity contribution in [1.82, 2.24) is 19.6 Å². The first-order chi connectivity index (χ1) is 14.5. The fourth-order valence-corrected chi connectivity index (χ4v) is 4.93. The minimum absolute atomic E-state index is 0.0118. The molecule has 0 bridgehead atoms. The molecule has 2 aliphatic rings. The monoisotopic (exact) mass is 426 g/mol. The van der Waals surface area contributed by atoms with E-state index >= 15 is 0 Å². The number of hydrogen-bond acceptors (Lipinski definition) is 4. The number of fused-ring (bicyclic) bond motifs is 1. The third-order valence-electron chi connectivity index (χ3n) is 5.71. The van der Waals surface area contributed by atoms with Crippen molar-refractivity contribution >= 4 is 23.6 Å². The van der Waals surface area contributed by atoms with Gasteiger partial charge in [-0.25, -0.2) is 0 Å². The molecule has 0 aliphatic carbocycles. The van der Waals surface area contributed by atoms with Gasteiger partial charge in [0.1, 0.15) is 0 Å². The Balaban J connectivity index is 1.29. The molecule has 3 heterocycles. The molecule has 4 rings (SSSR count). The maximum atomic E-state index is 12.8. The summed E-state index contributed by atoms with van der Waals surface area (Å²) < 4.78 is 1.97. The van der Waals surface area contributed by atoms with Crippen LogP contribution in [0.3, 0.4) is 0 Å². The zero-order valence-corrected chi connectivity index (χ0v) is 18.7. The number of aromatic nitrogens is 2. The van der Waals surface area contributed by atoms with Crippen molar-refractivity contribution in [2.75, 3.05) is 26.2 Å². The lowest BCUT2D eigenvalue weighted by atomic mass is 10.1. The molecule has 0 atom stereocenters. The number of amides is 2. The van der Waals surface area contributed by atoms with Crippen LogP contribution in [0.4, 0.5) is 0 Å². The van der Waals surface area contributed by atoms with Gasteiger partial charge in [0.2, 0.25) is 5.91 Å². The van der Waals surface area contributed by atoms with Gasteiger partial charge in [0.05, 0.1) is 6.42 Å². The maximum absolute atomic E-state index is 12.8. The van der Waals surface area contributed by atoms with Gasteiger partial charge in [-0.1, -0.05) is 26.0 Å². The van der Waals surface area contributed by atoms with E-state index in [0.717, 1.165) is 30.6 Å². The molecule has 2 amide bonds. The highest BCUT2D eigenvalue weighted by molar-refractivity contribution is 7.99. The van der Waals surface area contributed by atoms with Crippen molar-refractivity contribution in [1.29, 1.82) is 0 Å². The number of hydrogen-bond donors (Lipinski definition) is 0. The molecule has 1 fully saturated rings. The van der Waals surface area contributed by atoms with Crippen LogP contribution in [0.2, 0.25) is 0 Å². The highest BCUT2D eigenvalue weighted by Crippen LogP contribution is 2.23. The zero-order chi connectivity index (χ0) is 21.1. The van der Waals surface area contributed by atoms with Crippen LogP contribution in [0.5, 0.6) is 0 Å². The van der Waals surface area contributed by atoms with Crippen LogP contribution in [-0.2, 0) is 24.2 Å². The van der Waals surface area contributed by atoms with E-state index in [1.165, 1.54) is 11.3 Å². The van der Waals surface area contributed by atoms with Gasteiger partial charge in [0.15, 0.2) is 5.69 Å². The summed E-state index contributed by atoms with van der Waals surface area (Å²) in [6.45, 7) is 7.55. The summed E-state index contributed by atoms with van der Waals surface area (Å²) >= 11 is 1.82. The molecule has 160 valence electrons. The number of carbonyl (C=O) groups is 2. The molecular weight excluding hydrogens is 396 g/mol. The second-order valence-electron chi connectivity index (χ2n) is 8.36. The molecular formula is C23H30N4O2S. The van der Waals surface area contributed by atoms with Crippen LogP contribution in [0.25, 0.3) is 0 Å². The van der Waals surface area contributed by atoms with Crippen LogP contribution in [0.1, 0.15) is 48.4 Å². The lowest BCUT2D eigenvalue weighted by molar-refractivity contribution is -0.131. The van der Waals surface area contributed by atoms with Crippen molar-refractivity contribution in [3.8, 4) is 0 Å². The fourth-order valence-electron chi connectivity index (χ4n) is 4.09. The molecule has 6 nitrogen and oxygen atoms in total. The van der Waals surface area contributed by atoms with E-state index in [1.54, 1.807) is 0 Å². The summed E-state index contributed by atoms with van der Waals surface area (Å²) in [4.78, 5) is 30.5. The molecule has 0 radical (unpaired) electrons. The third-order valence-corrected chi connectivity index (χ3v) is 6.72. The Kier molecular flexibility index (Phi) is 6.46. The predicted octanol–water partition coefficient (Wildman–Crippen LogP) is 3.25. The summed E-state index contributed by atoms with van der Waals surface area (Å²) in [6, 6.07) is 10.2. The summed E-state index contributed by atoms with van der Waals surface area (Å²) in [5.74, 6) is 0.117. The van der Waals surface area contributed by atoms with Crippen LogP contribution in [-0.4, -0.2) is 62.8 Å².